The highest BCUT2D eigenvalue weighted by Gasteiger charge is 2.31. The molecule has 0 unspecified atom stereocenters. The molecule has 6 heteroatoms. The van der Waals surface area contributed by atoms with Crippen LogP contribution in [0.2, 0.25) is 0 Å². The summed E-state index contributed by atoms with van der Waals surface area (Å²) >= 11 is 0. The first-order valence-corrected chi connectivity index (χ1v) is 6.08. The first kappa shape index (κ1) is 14.1. The Hall–Kier alpha value is -1.27. The van der Waals surface area contributed by atoms with Gasteiger partial charge in [-0.15, -0.1) is 0 Å². The molecule has 1 aliphatic rings. The van der Waals surface area contributed by atoms with Gasteiger partial charge >= 0.3 is 6.18 Å². The highest BCUT2D eigenvalue weighted by molar-refractivity contribution is 5.30. The molecule has 1 fully saturated rings. The van der Waals surface area contributed by atoms with Crippen molar-refractivity contribution in [2.75, 3.05) is 20.2 Å². The predicted octanol–water partition coefficient (Wildman–Crippen LogP) is 2.46. The molecule has 0 aliphatic carbocycles. The molecule has 0 radical (unpaired) electrons. The Bertz CT molecular complexity index is 423. The number of methoxy groups -OCH3 is 1. The fraction of sp³-hybridized carbons (Fsp3) is 0.538. The number of nitrogens with one attached hydrogen (secondary N) is 1. The fourth-order valence-corrected chi connectivity index (χ4v) is 2.11. The molecule has 0 aromatic heterocycles. The van der Waals surface area contributed by atoms with E-state index in [0.29, 0.717) is 6.54 Å². The third-order valence-corrected chi connectivity index (χ3v) is 3.12. The van der Waals surface area contributed by atoms with Crippen LogP contribution < -0.4 is 10.1 Å². The molecule has 3 nitrogen and oxygen atoms in total. The van der Waals surface area contributed by atoms with Gasteiger partial charge in [0.25, 0.3) is 0 Å². The summed E-state index contributed by atoms with van der Waals surface area (Å²) in [7, 11) is 1.58. The van der Waals surface area contributed by atoms with Crippen molar-refractivity contribution in [3.05, 3.63) is 29.8 Å². The number of halogens is 3. The first-order chi connectivity index (χ1) is 9.00. The predicted molar refractivity (Wildman–Crippen MR) is 64.1 cm³/mol. The van der Waals surface area contributed by atoms with E-state index in [1.54, 1.807) is 7.11 Å². The average Bonchev–Trinajstić information content (AvgIpc) is 2.39. The van der Waals surface area contributed by atoms with Crippen molar-refractivity contribution in [1.29, 1.82) is 0 Å². The van der Waals surface area contributed by atoms with Gasteiger partial charge in [0, 0.05) is 13.7 Å². The quantitative estimate of drug-likeness (QED) is 0.919. The molecule has 106 valence electrons. The van der Waals surface area contributed by atoms with Crippen LogP contribution >= 0.6 is 0 Å². The summed E-state index contributed by atoms with van der Waals surface area (Å²) in [5, 5.41) is 3.14. The van der Waals surface area contributed by atoms with Crippen LogP contribution in [0.1, 0.15) is 12.0 Å². The van der Waals surface area contributed by atoms with Crippen LogP contribution in [-0.2, 0) is 10.9 Å². The van der Waals surface area contributed by atoms with Gasteiger partial charge in [-0.3, -0.25) is 0 Å². The topological polar surface area (TPSA) is 30.5 Å². The smallest absolute Gasteiger partial charge is 0.416 e. The van der Waals surface area contributed by atoms with Gasteiger partial charge in [-0.05, 0) is 31.2 Å². The SMILES string of the molecule is CO[C@H]1CCNC[C@@H]1Oc1cccc(C(F)(F)F)c1. The largest absolute Gasteiger partial charge is 0.486 e. The summed E-state index contributed by atoms with van der Waals surface area (Å²) in [6, 6.07) is 4.91. The van der Waals surface area contributed by atoms with Crippen LogP contribution in [0.15, 0.2) is 24.3 Å². The minimum atomic E-state index is -4.36. The molecule has 1 heterocycles. The van der Waals surface area contributed by atoms with Gasteiger partial charge in [-0.2, -0.15) is 13.2 Å². The molecule has 2 atom stereocenters. The van der Waals surface area contributed by atoms with E-state index in [-0.39, 0.29) is 18.0 Å². The Morgan fingerprint density at radius 2 is 2.05 bits per heavy atom. The molecule has 1 aromatic carbocycles. The summed E-state index contributed by atoms with van der Waals surface area (Å²) in [5.41, 5.74) is -0.706. The lowest BCUT2D eigenvalue weighted by atomic mass is 10.1. The Kier molecular flexibility index (Phi) is 4.31. The standard InChI is InChI=1S/C13H16F3NO2/c1-18-11-5-6-17-8-12(11)19-10-4-2-3-9(7-10)13(14,15)16/h2-4,7,11-12,17H,5-6,8H2,1H3/t11-,12-/m0/s1. The molecule has 1 N–H and O–H groups in total. The Labute approximate surface area is 109 Å². The van der Waals surface area contributed by atoms with Crippen LogP contribution in [0.3, 0.4) is 0 Å². The molecule has 0 bridgehead atoms. The summed E-state index contributed by atoms with van der Waals surface area (Å²) in [6.07, 6.45) is -3.96. The molecule has 0 spiro atoms. The fourth-order valence-electron chi connectivity index (χ4n) is 2.11. The van der Waals surface area contributed by atoms with E-state index < -0.39 is 11.7 Å². The maximum Gasteiger partial charge on any atom is 0.416 e. The van der Waals surface area contributed by atoms with Crippen LogP contribution in [-0.4, -0.2) is 32.4 Å². The molecular weight excluding hydrogens is 259 g/mol. The highest BCUT2D eigenvalue weighted by Crippen LogP contribution is 2.31. The zero-order valence-electron chi connectivity index (χ0n) is 10.5. The highest BCUT2D eigenvalue weighted by atomic mass is 19.4. The van der Waals surface area contributed by atoms with E-state index in [4.69, 9.17) is 9.47 Å². The van der Waals surface area contributed by atoms with Crippen LogP contribution in [0, 0.1) is 0 Å². The normalized spacial score (nSPS) is 24.2. The van der Waals surface area contributed by atoms with Gasteiger partial charge in [0.1, 0.15) is 11.9 Å². The van der Waals surface area contributed by atoms with Crippen molar-refractivity contribution in [3.63, 3.8) is 0 Å². The number of benzene rings is 1. The lowest BCUT2D eigenvalue weighted by Crippen LogP contribution is -2.48. The maximum absolute atomic E-state index is 12.6. The number of piperidine rings is 1. The minimum Gasteiger partial charge on any atom is -0.486 e. The Morgan fingerprint density at radius 1 is 1.26 bits per heavy atom. The zero-order chi connectivity index (χ0) is 13.9. The number of alkyl halides is 3. The minimum absolute atomic E-state index is 0.101. The lowest BCUT2D eigenvalue weighted by molar-refractivity contribution is -0.137. The van der Waals surface area contributed by atoms with Crippen molar-refractivity contribution < 1.29 is 22.6 Å². The van der Waals surface area contributed by atoms with Gasteiger partial charge in [-0.1, -0.05) is 6.07 Å². The van der Waals surface area contributed by atoms with Crippen LogP contribution in [0.5, 0.6) is 5.75 Å². The molecule has 1 aliphatic heterocycles. The van der Waals surface area contributed by atoms with E-state index in [1.165, 1.54) is 12.1 Å². The summed E-state index contributed by atoms with van der Waals surface area (Å²) in [5.74, 6) is 0.213. The summed E-state index contributed by atoms with van der Waals surface area (Å²) in [6.45, 7) is 1.38. The molecule has 0 amide bonds. The van der Waals surface area contributed by atoms with E-state index in [2.05, 4.69) is 5.32 Å². The van der Waals surface area contributed by atoms with Crippen molar-refractivity contribution in [3.8, 4) is 5.75 Å². The second-order valence-corrected chi connectivity index (χ2v) is 4.45. The third-order valence-electron chi connectivity index (χ3n) is 3.12. The zero-order valence-corrected chi connectivity index (χ0v) is 10.5. The molecule has 19 heavy (non-hydrogen) atoms. The average molecular weight is 275 g/mol. The van der Waals surface area contributed by atoms with Crippen LogP contribution in [0.25, 0.3) is 0 Å². The van der Waals surface area contributed by atoms with E-state index in [0.717, 1.165) is 25.1 Å². The summed E-state index contributed by atoms with van der Waals surface area (Å²) in [4.78, 5) is 0. The Morgan fingerprint density at radius 3 is 2.74 bits per heavy atom. The lowest BCUT2D eigenvalue weighted by Gasteiger charge is -2.31. The molecule has 0 saturated carbocycles. The number of rotatable bonds is 3. The molecule has 2 rings (SSSR count). The third kappa shape index (κ3) is 3.61. The van der Waals surface area contributed by atoms with E-state index >= 15 is 0 Å². The molecule has 1 saturated heterocycles. The monoisotopic (exact) mass is 275 g/mol. The number of hydrogen-bond donors (Lipinski definition) is 1. The van der Waals surface area contributed by atoms with Gasteiger partial charge < -0.3 is 14.8 Å². The maximum atomic E-state index is 12.6. The number of hydrogen-bond acceptors (Lipinski definition) is 3. The number of ether oxygens (including phenoxy) is 2. The molecular formula is C13H16F3NO2. The second kappa shape index (κ2) is 5.79. The molecule has 1 aromatic rings. The van der Waals surface area contributed by atoms with Gasteiger partial charge in [0.05, 0.1) is 11.7 Å². The van der Waals surface area contributed by atoms with Gasteiger partial charge in [0.15, 0.2) is 0 Å². The van der Waals surface area contributed by atoms with Gasteiger partial charge in [0.2, 0.25) is 0 Å². The van der Waals surface area contributed by atoms with Crippen molar-refractivity contribution in [1.82, 2.24) is 5.32 Å². The first-order valence-electron chi connectivity index (χ1n) is 6.08. The van der Waals surface area contributed by atoms with E-state index in [1.807, 2.05) is 0 Å². The van der Waals surface area contributed by atoms with Crippen molar-refractivity contribution >= 4 is 0 Å². The van der Waals surface area contributed by atoms with Crippen LogP contribution in [0.4, 0.5) is 13.2 Å². The van der Waals surface area contributed by atoms with Crippen molar-refractivity contribution in [2.24, 2.45) is 0 Å². The van der Waals surface area contributed by atoms with Crippen molar-refractivity contribution in [2.45, 2.75) is 24.8 Å². The van der Waals surface area contributed by atoms with E-state index in [9.17, 15) is 13.2 Å². The Balaban J connectivity index is 2.10. The van der Waals surface area contributed by atoms with Gasteiger partial charge in [-0.25, -0.2) is 0 Å². The summed E-state index contributed by atoms with van der Waals surface area (Å²) < 4.78 is 48.7. The second-order valence-electron chi connectivity index (χ2n) is 4.45.